The summed E-state index contributed by atoms with van der Waals surface area (Å²) in [6.07, 6.45) is 4.19. The summed E-state index contributed by atoms with van der Waals surface area (Å²) in [5, 5.41) is 3.75. The van der Waals surface area contributed by atoms with Crippen LogP contribution in [0.25, 0.3) is 10.4 Å². The highest BCUT2D eigenvalue weighted by Gasteiger charge is 2.35. The van der Waals surface area contributed by atoms with Gasteiger partial charge in [-0.25, -0.2) is 4.98 Å². The summed E-state index contributed by atoms with van der Waals surface area (Å²) in [5.41, 5.74) is 1.08. The van der Waals surface area contributed by atoms with E-state index in [9.17, 15) is 4.79 Å². The number of rotatable bonds is 3. The van der Waals surface area contributed by atoms with E-state index in [1.807, 2.05) is 24.3 Å². The van der Waals surface area contributed by atoms with Crippen LogP contribution in [0.3, 0.4) is 0 Å². The summed E-state index contributed by atoms with van der Waals surface area (Å²) in [5.74, 6) is 0.600. The molecule has 4 heterocycles. The maximum absolute atomic E-state index is 12.5. The van der Waals surface area contributed by atoms with Crippen LogP contribution in [0.4, 0.5) is 0 Å². The van der Waals surface area contributed by atoms with Crippen molar-refractivity contribution in [2.75, 3.05) is 19.6 Å². The van der Waals surface area contributed by atoms with E-state index in [0.29, 0.717) is 10.9 Å². The summed E-state index contributed by atoms with van der Waals surface area (Å²) in [6, 6.07) is 8.34. The molecular formula is C17H18BrN3OS. The first kappa shape index (κ1) is 15.3. The Balaban J connectivity index is 1.47. The second kappa shape index (κ2) is 6.34. The number of thiazole rings is 1. The molecule has 0 radical (unpaired) electrons. The number of hydrogen-bond donors (Lipinski definition) is 1. The van der Waals surface area contributed by atoms with Gasteiger partial charge in [0, 0.05) is 23.3 Å². The lowest BCUT2D eigenvalue weighted by molar-refractivity contribution is 0.0620. The number of nitrogens with zero attached hydrogens (tertiary/aromatic N) is 2. The first-order valence-electron chi connectivity index (χ1n) is 7.94. The van der Waals surface area contributed by atoms with Crippen molar-refractivity contribution in [2.24, 2.45) is 5.92 Å². The molecule has 0 spiro atoms. The fraction of sp³-hybridized carbons (Fsp3) is 0.412. The number of benzene rings is 1. The average molecular weight is 392 g/mol. The Morgan fingerprint density at radius 3 is 2.87 bits per heavy atom. The minimum Gasteiger partial charge on any atom is -0.346 e. The Hall–Kier alpha value is -1.24. The fourth-order valence-electron chi connectivity index (χ4n) is 3.51. The fourth-order valence-corrected chi connectivity index (χ4v) is 4.73. The van der Waals surface area contributed by atoms with Crippen LogP contribution in [-0.4, -0.2) is 41.5 Å². The zero-order chi connectivity index (χ0) is 15.8. The van der Waals surface area contributed by atoms with Gasteiger partial charge >= 0.3 is 0 Å². The molecule has 4 nitrogen and oxygen atoms in total. The van der Waals surface area contributed by atoms with Crippen LogP contribution in [0.1, 0.15) is 22.6 Å². The number of fused-ring (bicyclic) bond motifs is 3. The van der Waals surface area contributed by atoms with Gasteiger partial charge in [-0.05, 0) is 49.5 Å². The lowest BCUT2D eigenvalue weighted by Gasteiger charge is -2.44. The molecule has 1 aromatic carbocycles. The summed E-state index contributed by atoms with van der Waals surface area (Å²) >= 11 is 4.93. The van der Waals surface area contributed by atoms with Crippen LogP contribution >= 0.6 is 27.3 Å². The number of piperidine rings is 3. The summed E-state index contributed by atoms with van der Waals surface area (Å²) in [6.45, 7) is 3.35. The van der Waals surface area contributed by atoms with Crippen LogP contribution in [0.15, 0.2) is 34.9 Å². The molecule has 6 heteroatoms. The molecule has 120 valence electrons. The Labute approximate surface area is 148 Å². The van der Waals surface area contributed by atoms with Gasteiger partial charge < -0.3 is 10.2 Å². The van der Waals surface area contributed by atoms with E-state index < -0.39 is 0 Å². The molecule has 1 unspecified atom stereocenters. The Morgan fingerprint density at radius 1 is 1.35 bits per heavy atom. The van der Waals surface area contributed by atoms with Gasteiger partial charge in [-0.3, -0.25) is 4.79 Å². The maximum atomic E-state index is 12.5. The van der Waals surface area contributed by atoms with Gasteiger partial charge in [-0.15, -0.1) is 11.3 Å². The smallest absolute Gasteiger partial charge is 0.280 e. The van der Waals surface area contributed by atoms with Crippen molar-refractivity contribution in [3.05, 3.63) is 39.9 Å². The second-order valence-corrected chi connectivity index (χ2v) is 8.20. The van der Waals surface area contributed by atoms with Crippen molar-refractivity contribution in [3.63, 3.8) is 0 Å². The molecule has 0 saturated carbocycles. The van der Waals surface area contributed by atoms with Crippen LogP contribution < -0.4 is 5.32 Å². The van der Waals surface area contributed by atoms with Crippen molar-refractivity contribution in [2.45, 2.75) is 18.9 Å². The summed E-state index contributed by atoms with van der Waals surface area (Å²) < 4.78 is 1.03. The largest absolute Gasteiger partial charge is 0.346 e. The van der Waals surface area contributed by atoms with Crippen molar-refractivity contribution >= 4 is 33.2 Å². The molecule has 0 aliphatic carbocycles. The molecule has 3 fully saturated rings. The predicted octanol–water partition coefficient (Wildman–Crippen LogP) is 3.40. The molecule has 5 rings (SSSR count). The number of aromatic nitrogens is 1. The lowest BCUT2D eigenvalue weighted by atomic mass is 9.84. The van der Waals surface area contributed by atoms with E-state index in [4.69, 9.17) is 0 Å². The molecule has 2 aromatic rings. The molecule has 1 aromatic heterocycles. The number of amides is 1. The molecule has 1 amide bonds. The zero-order valence-corrected chi connectivity index (χ0v) is 15.1. The summed E-state index contributed by atoms with van der Waals surface area (Å²) in [7, 11) is 0. The number of hydrogen-bond acceptors (Lipinski definition) is 4. The van der Waals surface area contributed by atoms with E-state index in [1.54, 1.807) is 6.20 Å². The second-order valence-electron chi connectivity index (χ2n) is 6.26. The van der Waals surface area contributed by atoms with Gasteiger partial charge in [-0.2, -0.15) is 0 Å². The van der Waals surface area contributed by atoms with Crippen molar-refractivity contribution in [1.82, 2.24) is 15.2 Å². The van der Waals surface area contributed by atoms with E-state index in [1.165, 1.54) is 37.3 Å². The highest BCUT2D eigenvalue weighted by molar-refractivity contribution is 9.10. The van der Waals surface area contributed by atoms with Crippen molar-refractivity contribution in [1.29, 1.82) is 0 Å². The molecule has 3 saturated heterocycles. The summed E-state index contributed by atoms with van der Waals surface area (Å²) in [4.78, 5) is 20.3. The standard InChI is InChI=1S/C17H18BrN3OS/c18-13-3-1-2-12(8-13)15-9-19-17(23-15)16(22)20-14-10-21-6-4-11(14)5-7-21/h1-3,8-9,11,14H,4-7,10H2,(H,20,22). The van der Waals surface area contributed by atoms with Gasteiger partial charge in [0.1, 0.15) is 0 Å². The topological polar surface area (TPSA) is 45.2 Å². The minimum atomic E-state index is -0.0324. The van der Waals surface area contributed by atoms with E-state index in [-0.39, 0.29) is 11.9 Å². The number of nitrogens with one attached hydrogen (secondary N) is 1. The highest BCUT2D eigenvalue weighted by Crippen LogP contribution is 2.30. The Morgan fingerprint density at radius 2 is 2.17 bits per heavy atom. The van der Waals surface area contributed by atoms with Crippen LogP contribution in [0, 0.1) is 5.92 Å². The molecule has 3 aliphatic rings. The third kappa shape index (κ3) is 3.20. The number of halogens is 1. The normalized spacial score (nSPS) is 26.2. The molecule has 1 atom stereocenters. The monoisotopic (exact) mass is 391 g/mol. The third-order valence-electron chi connectivity index (χ3n) is 4.78. The van der Waals surface area contributed by atoms with Gasteiger partial charge in [-0.1, -0.05) is 28.1 Å². The van der Waals surface area contributed by atoms with Gasteiger partial charge in [0.2, 0.25) is 0 Å². The molecule has 1 N–H and O–H groups in total. The highest BCUT2D eigenvalue weighted by atomic mass is 79.9. The van der Waals surface area contributed by atoms with Gasteiger partial charge in [0.05, 0.1) is 4.88 Å². The van der Waals surface area contributed by atoms with E-state index in [2.05, 4.69) is 31.1 Å². The molecule has 23 heavy (non-hydrogen) atoms. The van der Waals surface area contributed by atoms with Gasteiger partial charge in [0.15, 0.2) is 5.01 Å². The first-order valence-corrected chi connectivity index (χ1v) is 9.55. The average Bonchev–Trinajstić information content (AvgIpc) is 3.06. The lowest BCUT2D eigenvalue weighted by Crippen LogP contribution is -2.57. The Kier molecular flexibility index (Phi) is 4.22. The van der Waals surface area contributed by atoms with E-state index >= 15 is 0 Å². The van der Waals surface area contributed by atoms with Crippen LogP contribution in [0.5, 0.6) is 0 Å². The third-order valence-corrected chi connectivity index (χ3v) is 6.32. The number of carbonyl (C=O) groups excluding carboxylic acids is 1. The molecular weight excluding hydrogens is 374 g/mol. The van der Waals surface area contributed by atoms with Gasteiger partial charge in [0.25, 0.3) is 5.91 Å². The SMILES string of the molecule is O=C(NC1CN2CCC1CC2)c1ncc(-c2cccc(Br)c2)s1. The predicted molar refractivity (Wildman–Crippen MR) is 95.7 cm³/mol. The quantitative estimate of drug-likeness (QED) is 0.871. The number of carbonyl (C=O) groups is 1. The Bertz CT molecular complexity index is 724. The maximum Gasteiger partial charge on any atom is 0.280 e. The minimum absolute atomic E-state index is 0.0324. The van der Waals surface area contributed by atoms with Crippen LogP contribution in [0.2, 0.25) is 0 Å². The molecule has 2 bridgehead atoms. The van der Waals surface area contributed by atoms with Crippen molar-refractivity contribution < 1.29 is 4.79 Å². The zero-order valence-electron chi connectivity index (χ0n) is 12.7. The van der Waals surface area contributed by atoms with E-state index in [0.717, 1.165) is 21.5 Å². The van der Waals surface area contributed by atoms with Crippen LogP contribution in [-0.2, 0) is 0 Å². The van der Waals surface area contributed by atoms with Crippen molar-refractivity contribution in [3.8, 4) is 10.4 Å². The molecule has 3 aliphatic heterocycles. The first-order chi connectivity index (χ1) is 11.2.